The molecular weight excluding hydrogens is 369 g/mol. The van der Waals surface area contributed by atoms with Crippen LogP contribution in [0.4, 0.5) is 24.7 Å². The summed E-state index contributed by atoms with van der Waals surface area (Å²) in [5.41, 5.74) is 0.0535. The van der Waals surface area contributed by atoms with E-state index in [4.69, 9.17) is 0 Å². The summed E-state index contributed by atoms with van der Waals surface area (Å²) >= 11 is 0. The van der Waals surface area contributed by atoms with Gasteiger partial charge in [-0.2, -0.15) is 13.2 Å². The Kier molecular flexibility index (Phi) is 5.58. The maximum Gasteiger partial charge on any atom is 0.418 e. The van der Waals surface area contributed by atoms with Gasteiger partial charge in [-0.1, -0.05) is 42.5 Å². The molecule has 0 bridgehead atoms. The molecule has 2 N–H and O–H groups in total. The molecule has 5 nitrogen and oxygen atoms in total. The first kappa shape index (κ1) is 19.3. The fraction of sp³-hybridized carbons (Fsp3) is 0.150. The molecule has 1 unspecified atom stereocenters. The molecule has 1 amide bonds. The van der Waals surface area contributed by atoms with Gasteiger partial charge in [0.05, 0.1) is 17.3 Å². The van der Waals surface area contributed by atoms with Crippen LogP contribution in [0.1, 0.15) is 34.6 Å². The Morgan fingerprint density at radius 1 is 0.929 bits per heavy atom. The van der Waals surface area contributed by atoms with Crippen LogP contribution >= 0.6 is 0 Å². The van der Waals surface area contributed by atoms with Crippen LogP contribution in [-0.2, 0) is 6.18 Å². The number of carbonyl (C=O) groups is 1. The van der Waals surface area contributed by atoms with E-state index in [1.807, 2.05) is 37.3 Å². The molecule has 2 aromatic carbocycles. The quantitative estimate of drug-likeness (QED) is 0.665. The van der Waals surface area contributed by atoms with Crippen molar-refractivity contribution in [2.24, 2.45) is 0 Å². The molecule has 0 aliphatic rings. The first-order valence-electron chi connectivity index (χ1n) is 8.47. The third kappa shape index (κ3) is 4.64. The minimum atomic E-state index is -4.50. The van der Waals surface area contributed by atoms with Crippen molar-refractivity contribution in [1.29, 1.82) is 0 Å². The second-order valence-electron chi connectivity index (χ2n) is 6.08. The Balaban J connectivity index is 1.70. The van der Waals surface area contributed by atoms with Crippen molar-refractivity contribution in [3.8, 4) is 0 Å². The highest BCUT2D eigenvalue weighted by atomic mass is 19.4. The first-order chi connectivity index (χ1) is 13.3. The summed E-state index contributed by atoms with van der Waals surface area (Å²) in [5.74, 6) is -0.324. The van der Waals surface area contributed by atoms with E-state index in [1.54, 1.807) is 0 Å². The highest BCUT2D eigenvalue weighted by Gasteiger charge is 2.33. The lowest BCUT2D eigenvalue weighted by Crippen LogP contribution is -2.27. The third-order valence-corrected chi connectivity index (χ3v) is 4.04. The molecule has 0 radical (unpaired) electrons. The number of carbonyl (C=O) groups excluding carboxylic acids is 1. The number of anilines is 2. The molecule has 0 aliphatic carbocycles. The van der Waals surface area contributed by atoms with E-state index in [9.17, 15) is 18.0 Å². The minimum absolute atomic E-state index is 0.0671. The van der Waals surface area contributed by atoms with Gasteiger partial charge in [0, 0.05) is 0 Å². The summed E-state index contributed by atoms with van der Waals surface area (Å²) in [6.07, 6.45) is -4.50. The Bertz CT molecular complexity index is 944. The largest absolute Gasteiger partial charge is 0.418 e. The van der Waals surface area contributed by atoms with Crippen LogP contribution in [0.25, 0.3) is 0 Å². The second-order valence-corrected chi connectivity index (χ2v) is 6.08. The van der Waals surface area contributed by atoms with E-state index in [0.29, 0.717) is 0 Å². The summed E-state index contributed by atoms with van der Waals surface area (Å²) in [6.45, 7) is 1.84. The van der Waals surface area contributed by atoms with Crippen LogP contribution < -0.4 is 10.6 Å². The van der Waals surface area contributed by atoms with Crippen molar-refractivity contribution < 1.29 is 18.0 Å². The molecule has 28 heavy (non-hydrogen) atoms. The number of alkyl halides is 3. The SMILES string of the molecule is CC(NC(=O)c1ccc(Nc2ccccc2C(F)(F)F)nn1)c1ccccc1. The van der Waals surface area contributed by atoms with E-state index in [1.165, 1.54) is 30.3 Å². The number of benzene rings is 2. The van der Waals surface area contributed by atoms with Crippen molar-refractivity contribution in [3.63, 3.8) is 0 Å². The van der Waals surface area contributed by atoms with Crippen molar-refractivity contribution in [3.05, 3.63) is 83.6 Å². The molecule has 1 aromatic heterocycles. The number of halogens is 3. The number of hydrogen-bond donors (Lipinski definition) is 2. The molecule has 0 saturated heterocycles. The number of rotatable bonds is 5. The van der Waals surface area contributed by atoms with Gasteiger partial charge in [0.25, 0.3) is 5.91 Å². The zero-order valence-electron chi connectivity index (χ0n) is 14.9. The van der Waals surface area contributed by atoms with Gasteiger partial charge in [-0.05, 0) is 36.8 Å². The van der Waals surface area contributed by atoms with Crippen LogP contribution in [0.15, 0.2) is 66.7 Å². The fourth-order valence-electron chi connectivity index (χ4n) is 2.59. The van der Waals surface area contributed by atoms with Gasteiger partial charge in [-0.3, -0.25) is 4.79 Å². The van der Waals surface area contributed by atoms with Gasteiger partial charge in [-0.15, -0.1) is 10.2 Å². The molecule has 0 spiro atoms. The number of para-hydroxylation sites is 1. The Hall–Kier alpha value is -3.42. The summed E-state index contributed by atoms with van der Waals surface area (Å²) < 4.78 is 39.2. The summed E-state index contributed by atoms with van der Waals surface area (Å²) in [5, 5.41) is 13.0. The number of amides is 1. The third-order valence-electron chi connectivity index (χ3n) is 4.04. The summed E-state index contributed by atoms with van der Waals surface area (Å²) in [6, 6.07) is 17.0. The predicted molar refractivity (Wildman–Crippen MR) is 99.1 cm³/mol. The van der Waals surface area contributed by atoms with E-state index < -0.39 is 17.6 Å². The molecule has 3 rings (SSSR count). The topological polar surface area (TPSA) is 66.9 Å². The van der Waals surface area contributed by atoms with E-state index in [0.717, 1.165) is 11.6 Å². The molecule has 0 fully saturated rings. The summed E-state index contributed by atoms with van der Waals surface area (Å²) in [4.78, 5) is 12.3. The van der Waals surface area contributed by atoms with Gasteiger partial charge in [0.1, 0.15) is 0 Å². The molecule has 1 heterocycles. The first-order valence-corrected chi connectivity index (χ1v) is 8.47. The lowest BCUT2D eigenvalue weighted by molar-refractivity contribution is -0.136. The molecule has 0 aliphatic heterocycles. The molecule has 0 saturated carbocycles. The second kappa shape index (κ2) is 8.08. The zero-order valence-corrected chi connectivity index (χ0v) is 14.9. The van der Waals surface area contributed by atoms with Crippen molar-refractivity contribution in [1.82, 2.24) is 15.5 Å². The lowest BCUT2D eigenvalue weighted by Gasteiger charge is -2.14. The van der Waals surface area contributed by atoms with E-state index >= 15 is 0 Å². The smallest absolute Gasteiger partial charge is 0.344 e. The van der Waals surface area contributed by atoms with Crippen LogP contribution in [0.2, 0.25) is 0 Å². The van der Waals surface area contributed by atoms with E-state index in [2.05, 4.69) is 20.8 Å². The maximum absolute atomic E-state index is 13.1. The predicted octanol–water partition coefficient (Wildman–Crippen LogP) is 4.73. The van der Waals surface area contributed by atoms with Gasteiger partial charge in [-0.25, -0.2) is 0 Å². The number of hydrogen-bond acceptors (Lipinski definition) is 4. The van der Waals surface area contributed by atoms with Crippen LogP contribution in [0.3, 0.4) is 0 Å². The number of nitrogens with one attached hydrogen (secondary N) is 2. The van der Waals surface area contributed by atoms with Gasteiger partial charge >= 0.3 is 6.18 Å². The van der Waals surface area contributed by atoms with Crippen molar-refractivity contribution in [2.75, 3.05) is 5.32 Å². The maximum atomic E-state index is 13.1. The Morgan fingerprint density at radius 2 is 1.61 bits per heavy atom. The highest BCUT2D eigenvalue weighted by molar-refractivity contribution is 5.92. The molecular formula is C20H17F3N4O. The zero-order chi connectivity index (χ0) is 20.1. The molecule has 1 atom stereocenters. The minimum Gasteiger partial charge on any atom is -0.344 e. The molecule has 8 heteroatoms. The van der Waals surface area contributed by atoms with Crippen molar-refractivity contribution in [2.45, 2.75) is 19.1 Å². The average molecular weight is 386 g/mol. The molecule has 144 valence electrons. The monoisotopic (exact) mass is 386 g/mol. The summed E-state index contributed by atoms with van der Waals surface area (Å²) in [7, 11) is 0. The normalized spacial score (nSPS) is 12.3. The van der Waals surface area contributed by atoms with Crippen LogP contribution in [-0.4, -0.2) is 16.1 Å². The van der Waals surface area contributed by atoms with Gasteiger partial charge < -0.3 is 10.6 Å². The van der Waals surface area contributed by atoms with Gasteiger partial charge in [0.2, 0.25) is 0 Å². The standard InChI is InChI=1S/C20H17F3N4O/c1-13(14-7-3-2-4-8-14)24-19(28)17-11-12-18(27-26-17)25-16-10-6-5-9-15(16)20(21,22)23/h2-13H,1H3,(H,24,28)(H,25,27). The van der Waals surface area contributed by atoms with Crippen LogP contribution in [0, 0.1) is 0 Å². The van der Waals surface area contributed by atoms with Gasteiger partial charge in [0.15, 0.2) is 11.5 Å². The number of aromatic nitrogens is 2. The van der Waals surface area contributed by atoms with Crippen molar-refractivity contribution >= 4 is 17.4 Å². The number of nitrogens with zero attached hydrogens (tertiary/aromatic N) is 2. The Labute approximate surface area is 159 Å². The fourth-order valence-corrected chi connectivity index (χ4v) is 2.59. The van der Waals surface area contributed by atoms with E-state index in [-0.39, 0.29) is 23.2 Å². The van der Waals surface area contributed by atoms with Crippen LogP contribution in [0.5, 0.6) is 0 Å². The molecule has 3 aromatic rings. The lowest BCUT2D eigenvalue weighted by atomic mass is 10.1. The average Bonchev–Trinajstić information content (AvgIpc) is 2.69. The Morgan fingerprint density at radius 3 is 2.25 bits per heavy atom. The highest BCUT2D eigenvalue weighted by Crippen LogP contribution is 2.35.